The first-order valence-corrected chi connectivity index (χ1v) is 11.3. The molecule has 0 aliphatic rings. The highest BCUT2D eigenvalue weighted by molar-refractivity contribution is 7.22. The van der Waals surface area contributed by atoms with Crippen LogP contribution in [0.4, 0.5) is 15.2 Å². The molecule has 6 nitrogen and oxygen atoms in total. The topological polar surface area (TPSA) is 91.3 Å². The Hall–Kier alpha value is -4.04. The normalized spacial score (nSPS) is 11.4. The van der Waals surface area contributed by atoms with Crippen LogP contribution in [0.5, 0.6) is 0 Å². The molecule has 0 aliphatic heterocycles. The predicted octanol–water partition coefficient (Wildman–Crippen LogP) is 6.63. The number of nitrogens with zero attached hydrogens (tertiary/aromatic N) is 1. The molecule has 0 radical (unpaired) electrons. The summed E-state index contributed by atoms with van der Waals surface area (Å²) >= 11 is 1.38. The van der Waals surface area contributed by atoms with Crippen LogP contribution in [0.15, 0.2) is 78.9 Å². The maximum absolute atomic E-state index is 13.4. The minimum absolute atomic E-state index is 0. The summed E-state index contributed by atoms with van der Waals surface area (Å²) in [5.41, 5.74) is 4.51. The highest BCUT2D eigenvalue weighted by atomic mass is 32.1. The molecule has 3 aromatic carbocycles. The number of thiazole rings is 1. The van der Waals surface area contributed by atoms with Crippen molar-refractivity contribution in [3.05, 3.63) is 90.3 Å². The van der Waals surface area contributed by atoms with E-state index in [1.165, 1.54) is 23.5 Å². The molecule has 4 rings (SSSR count). The lowest BCUT2D eigenvalue weighted by Gasteiger charge is -2.14. The van der Waals surface area contributed by atoms with E-state index in [2.05, 4.69) is 22.2 Å². The van der Waals surface area contributed by atoms with Crippen LogP contribution in [0.25, 0.3) is 21.3 Å². The van der Waals surface area contributed by atoms with Gasteiger partial charge in [-0.2, -0.15) is 0 Å². The number of fused-ring (bicyclic) bond motifs is 1. The number of carboxylic acid groups (broad SMARTS) is 1. The van der Waals surface area contributed by atoms with Crippen LogP contribution < -0.4 is 10.6 Å². The van der Waals surface area contributed by atoms with Crippen molar-refractivity contribution >= 4 is 44.2 Å². The zero-order chi connectivity index (χ0) is 24.2. The number of anilines is 2. The number of carbonyl (C=O) groups excluding carboxylic acids is 1. The molecule has 1 amide bonds. The number of amides is 1. The van der Waals surface area contributed by atoms with Gasteiger partial charge in [-0.25, -0.2) is 14.2 Å². The van der Waals surface area contributed by atoms with Gasteiger partial charge in [0.05, 0.1) is 10.2 Å². The molecular weight excluding hydrogens is 465 g/mol. The monoisotopic (exact) mass is 491 g/mol. The van der Waals surface area contributed by atoms with E-state index in [4.69, 9.17) is 0 Å². The Labute approximate surface area is 207 Å². The first-order valence-electron chi connectivity index (χ1n) is 10.5. The predicted molar refractivity (Wildman–Crippen MR) is 140 cm³/mol. The second-order valence-electron chi connectivity index (χ2n) is 7.94. The summed E-state index contributed by atoms with van der Waals surface area (Å²) in [4.78, 5) is 28.3. The smallest absolute Gasteiger partial charge is 0.326 e. The molecule has 1 heterocycles. The van der Waals surface area contributed by atoms with E-state index in [0.717, 1.165) is 27.0 Å². The molecule has 1 aromatic heterocycles. The number of carboxylic acids is 1. The van der Waals surface area contributed by atoms with Crippen molar-refractivity contribution in [2.24, 2.45) is 0 Å². The maximum Gasteiger partial charge on any atom is 0.326 e. The molecule has 0 unspecified atom stereocenters. The Morgan fingerprint density at radius 1 is 1.06 bits per heavy atom. The third-order valence-corrected chi connectivity index (χ3v) is 6.06. The first kappa shape index (κ1) is 25.6. The van der Waals surface area contributed by atoms with E-state index in [9.17, 15) is 19.1 Å². The minimum Gasteiger partial charge on any atom is -0.480 e. The average Bonchev–Trinajstić information content (AvgIpc) is 3.20. The summed E-state index contributed by atoms with van der Waals surface area (Å²) in [6.07, 6.45) is 0.174. The van der Waals surface area contributed by atoms with Crippen molar-refractivity contribution in [3.63, 3.8) is 0 Å². The Morgan fingerprint density at radius 2 is 1.69 bits per heavy atom. The number of aliphatic carboxylic acids is 1. The lowest BCUT2D eigenvalue weighted by Crippen LogP contribution is -2.40. The quantitative estimate of drug-likeness (QED) is 0.241. The Balaban J connectivity index is 0.00000342. The third kappa shape index (κ3) is 6.30. The van der Waals surface area contributed by atoms with Gasteiger partial charge in [0.15, 0.2) is 5.13 Å². The summed E-state index contributed by atoms with van der Waals surface area (Å²) in [5.74, 6) is -1.83. The summed E-state index contributed by atoms with van der Waals surface area (Å²) in [6.45, 7) is 5.43. The number of benzene rings is 3. The Morgan fingerprint density at radius 3 is 2.29 bits per heavy atom. The molecule has 0 fully saturated rings. The lowest BCUT2D eigenvalue weighted by atomic mass is 10.0. The number of nitrogens with one attached hydrogen (secondary N) is 2. The fourth-order valence-electron chi connectivity index (χ4n) is 3.43. The van der Waals surface area contributed by atoms with Gasteiger partial charge in [-0.3, -0.25) is 4.79 Å². The molecule has 8 heteroatoms. The number of carbonyl (C=O) groups is 2. The average molecular weight is 492 g/mol. The second kappa shape index (κ2) is 10.9. The highest BCUT2D eigenvalue weighted by Gasteiger charge is 2.20. The molecule has 180 valence electrons. The fraction of sp³-hybridized carbons (Fsp3) is 0.148. The molecule has 0 saturated carbocycles. The molecule has 1 atom stereocenters. The van der Waals surface area contributed by atoms with Gasteiger partial charge in [0.2, 0.25) is 0 Å². The number of hydrogen-bond acceptors (Lipinski definition) is 5. The van der Waals surface area contributed by atoms with Gasteiger partial charge in [-0.1, -0.05) is 48.6 Å². The van der Waals surface area contributed by atoms with Gasteiger partial charge >= 0.3 is 5.97 Å². The van der Waals surface area contributed by atoms with Gasteiger partial charge in [-0.05, 0) is 66.9 Å². The molecular formula is C27H26FN3O3S. The van der Waals surface area contributed by atoms with E-state index >= 15 is 0 Å². The number of rotatable bonds is 8. The van der Waals surface area contributed by atoms with Crippen LogP contribution in [0, 0.1) is 5.82 Å². The zero-order valence-electron chi connectivity index (χ0n) is 18.3. The Bertz CT molecular complexity index is 1360. The molecule has 0 saturated heterocycles. The van der Waals surface area contributed by atoms with E-state index in [0.29, 0.717) is 16.3 Å². The van der Waals surface area contributed by atoms with Crippen molar-refractivity contribution in [2.45, 2.75) is 26.8 Å². The summed E-state index contributed by atoms with van der Waals surface area (Å²) in [5, 5.41) is 15.7. The zero-order valence-corrected chi connectivity index (χ0v) is 19.2. The van der Waals surface area contributed by atoms with Crippen molar-refractivity contribution in [1.29, 1.82) is 0 Å². The standard InChI is InChI=1S/C26H22FN3O3S.CH4/c1-15(2)13-22(25(32)33)29-24(31)18-5-3-16(4-6-18)17-7-10-20(11-8-17)28-26-30-21-12-9-19(27)14-23(21)34-26;/h3-12,14,22H,1,13H2,2H3,(H,28,30)(H,29,31)(H,32,33);1H4/t22-;/m0./s1. The van der Waals surface area contributed by atoms with Crippen molar-refractivity contribution in [3.8, 4) is 11.1 Å². The second-order valence-corrected chi connectivity index (χ2v) is 8.97. The van der Waals surface area contributed by atoms with Gasteiger partial charge < -0.3 is 15.7 Å². The molecule has 0 aliphatic carbocycles. The number of halogens is 1. The highest BCUT2D eigenvalue weighted by Crippen LogP contribution is 2.30. The maximum atomic E-state index is 13.4. The molecule has 0 bridgehead atoms. The van der Waals surface area contributed by atoms with Gasteiger partial charge in [0.25, 0.3) is 5.91 Å². The van der Waals surface area contributed by atoms with Crippen LogP contribution in [-0.2, 0) is 4.79 Å². The van der Waals surface area contributed by atoms with Crippen molar-refractivity contribution < 1.29 is 19.1 Å². The third-order valence-electron chi connectivity index (χ3n) is 5.12. The van der Waals surface area contributed by atoms with E-state index < -0.39 is 17.9 Å². The SMILES string of the molecule is C.C=C(C)C[C@H](NC(=O)c1ccc(-c2ccc(Nc3nc4ccc(F)cc4s3)cc2)cc1)C(=O)O. The molecule has 35 heavy (non-hydrogen) atoms. The van der Waals surface area contributed by atoms with Crippen LogP contribution in [-0.4, -0.2) is 28.0 Å². The molecule has 3 N–H and O–H groups in total. The Kier molecular flexibility index (Phi) is 7.98. The molecule has 0 spiro atoms. The van der Waals surface area contributed by atoms with Crippen LogP contribution >= 0.6 is 11.3 Å². The molecule has 4 aromatic rings. The van der Waals surface area contributed by atoms with Gasteiger partial charge in [0, 0.05) is 11.3 Å². The lowest BCUT2D eigenvalue weighted by molar-refractivity contribution is -0.139. The number of aromatic nitrogens is 1. The summed E-state index contributed by atoms with van der Waals surface area (Å²) in [6, 6.07) is 18.2. The van der Waals surface area contributed by atoms with Crippen LogP contribution in [0.3, 0.4) is 0 Å². The van der Waals surface area contributed by atoms with Gasteiger partial charge in [0.1, 0.15) is 11.9 Å². The van der Waals surface area contributed by atoms with E-state index in [1.54, 1.807) is 25.1 Å². The van der Waals surface area contributed by atoms with Gasteiger partial charge in [-0.15, -0.1) is 6.58 Å². The first-order chi connectivity index (χ1) is 16.3. The van der Waals surface area contributed by atoms with Crippen molar-refractivity contribution in [2.75, 3.05) is 5.32 Å². The van der Waals surface area contributed by atoms with Crippen molar-refractivity contribution in [1.82, 2.24) is 10.3 Å². The summed E-state index contributed by atoms with van der Waals surface area (Å²) < 4.78 is 14.2. The van der Waals surface area contributed by atoms with Crippen LogP contribution in [0.2, 0.25) is 0 Å². The van der Waals surface area contributed by atoms with E-state index in [-0.39, 0.29) is 19.7 Å². The van der Waals surface area contributed by atoms with E-state index in [1.807, 2.05) is 36.4 Å². The minimum atomic E-state index is -1.10. The summed E-state index contributed by atoms with van der Waals surface area (Å²) in [7, 11) is 0. The van der Waals surface area contributed by atoms with Crippen LogP contribution in [0.1, 0.15) is 31.1 Å². The number of hydrogen-bond donors (Lipinski definition) is 3. The largest absolute Gasteiger partial charge is 0.480 e. The fourth-order valence-corrected chi connectivity index (χ4v) is 4.34.